The third-order valence-electron chi connectivity index (χ3n) is 6.01. The lowest BCUT2D eigenvalue weighted by Gasteiger charge is -2.31. The van der Waals surface area contributed by atoms with Crippen LogP contribution in [0.3, 0.4) is 0 Å². The van der Waals surface area contributed by atoms with Gasteiger partial charge in [0.05, 0.1) is 6.42 Å². The minimum absolute atomic E-state index is 0.139. The van der Waals surface area contributed by atoms with Crippen LogP contribution in [0.15, 0.2) is 72.8 Å². The van der Waals surface area contributed by atoms with Crippen molar-refractivity contribution in [1.29, 1.82) is 0 Å². The summed E-state index contributed by atoms with van der Waals surface area (Å²) >= 11 is 0. The van der Waals surface area contributed by atoms with E-state index in [9.17, 15) is 14.0 Å². The molecule has 0 aliphatic heterocycles. The number of amides is 2. The Morgan fingerprint density at radius 3 is 2.21 bits per heavy atom. The van der Waals surface area contributed by atoms with Crippen LogP contribution in [0.1, 0.15) is 41.2 Å². The van der Waals surface area contributed by atoms with Crippen LogP contribution < -0.4 is 5.32 Å². The first-order valence-electron chi connectivity index (χ1n) is 11.8. The number of nitrogens with one attached hydrogen (secondary N) is 1. The largest absolute Gasteiger partial charge is 0.354 e. The van der Waals surface area contributed by atoms with E-state index in [2.05, 4.69) is 5.32 Å². The fourth-order valence-electron chi connectivity index (χ4n) is 3.90. The van der Waals surface area contributed by atoms with E-state index in [-0.39, 0.29) is 30.6 Å². The highest BCUT2D eigenvalue weighted by atomic mass is 19.1. The number of hydrogen-bond acceptors (Lipinski definition) is 2. The zero-order chi connectivity index (χ0) is 24.5. The fourth-order valence-corrected chi connectivity index (χ4v) is 3.90. The van der Waals surface area contributed by atoms with Crippen LogP contribution in [0.5, 0.6) is 0 Å². The van der Waals surface area contributed by atoms with Gasteiger partial charge in [-0.3, -0.25) is 9.59 Å². The average Bonchev–Trinajstić information content (AvgIpc) is 2.84. The van der Waals surface area contributed by atoms with Gasteiger partial charge in [0.15, 0.2) is 0 Å². The molecule has 1 N–H and O–H groups in total. The van der Waals surface area contributed by atoms with Crippen molar-refractivity contribution in [3.05, 3.63) is 106 Å². The standard InChI is InChI=1S/C29H33FN2O2/c1-4-16-31-29(34)27(18-23-8-6-5-7-9-23)32(20-24-12-14-26(30)15-13-24)28(33)19-25-11-10-21(2)22(3)17-25/h5-15,17,27H,4,16,18-20H2,1-3H3,(H,31,34)/t27-/m1/s1. The van der Waals surface area contributed by atoms with Crippen LogP contribution in [0.4, 0.5) is 4.39 Å². The van der Waals surface area contributed by atoms with Crippen LogP contribution in [0.2, 0.25) is 0 Å². The molecule has 0 spiro atoms. The maximum absolute atomic E-state index is 13.7. The van der Waals surface area contributed by atoms with Gasteiger partial charge in [0.2, 0.25) is 11.8 Å². The van der Waals surface area contributed by atoms with E-state index in [1.807, 2.05) is 69.3 Å². The molecule has 3 rings (SSSR count). The second kappa shape index (κ2) is 12.1. The Morgan fingerprint density at radius 2 is 1.56 bits per heavy atom. The molecule has 0 aliphatic carbocycles. The summed E-state index contributed by atoms with van der Waals surface area (Å²) in [6.45, 7) is 6.82. The lowest BCUT2D eigenvalue weighted by atomic mass is 10.00. The predicted octanol–water partition coefficient (Wildman–Crippen LogP) is 5.15. The smallest absolute Gasteiger partial charge is 0.243 e. The normalized spacial score (nSPS) is 11.6. The maximum Gasteiger partial charge on any atom is 0.243 e. The molecule has 0 bridgehead atoms. The van der Waals surface area contributed by atoms with Crippen LogP contribution in [0.25, 0.3) is 0 Å². The number of hydrogen-bond donors (Lipinski definition) is 1. The van der Waals surface area contributed by atoms with Gasteiger partial charge < -0.3 is 10.2 Å². The van der Waals surface area contributed by atoms with E-state index in [1.54, 1.807) is 17.0 Å². The summed E-state index contributed by atoms with van der Waals surface area (Å²) in [5, 5.41) is 2.97. The molecule has 0 unspecified atom stereocenters. The number of halogens is 1. The van der Waals surface area contributed by atoms with Gasteiger partial charge in [-0.15, -0.1) is 0 Å². The molecule has 0 aromatic heterocycles. The maximum atomic E-state index is 13.7. The van der Waals surface area contributed by atoms with E-state index in [0.29, 0.717) is 13.0 Å². The van der Waals surface area contributed by atoms with Crippen molar-refractivity contribution in [1.82, 2.24) is 10.2 Å². The fraction of sp³-hybridized carbons (Fsp3) is 0.310. The molecule has 5 heteroatoms. The van der Waals surface area contributed by atoms with E-state index >= 15 is 0 Å². The van der Waals surface area contributed by atoms with Gasteiger partial charge >= 0.3 is 0 Å². The zero-order valence-corrected chi connectivity index (χ0v) is 20.2. The van der Waals surface area contributed by atoms with Gasteiger partial charge in [-0.05, 0) is 60.2 Å². The molecule has 2 amide bonds. The summed E-state index contributed by atoms with van der Waals surface area (Å²) in [5.41, 5.74) is 4.94. The Morgan fingerprint density at radius 1 is 0.882 bits per heavy atom. The summed E-state index contributed by atoms with van der Waals surface area (Å²) in [5.74, 6) is -0.653. The minimum Gasteiger partial charge on any atom is -0.354 e. The molecule has 178 valence electrons. The Hall–Kier alpha value is -3.47. The summed E-state index contributed by atoms with van der Waals surface area (Å²) in [4.78, 5) is 28.6. The van der Waals surface area contributed by atoms with Crippen molar-refractivity contribution in [2.24, 2.45) is 0 Å². The third-order valence-corrected chi connectivity index (χ3v) is 6.01. The van der Waals surface area contributed by atoms with Crippen LogP contribution in [0, 0.1) is 19.7 Å². The molecule has 1 atom stereocenters. The molecule has 0 aliphatic rings. The van der Waals surface area contributed by atoms with E-state index in [4.69, 9.17) is 0 Å². The Labute approximate surface area is 201 Å². The molecule has 0 radical (unpaired) electrons. The number of benzene rings is 3. The Balaban J connectivity index is 1.95. The van der Waals surface area contributed by atoms with E-state index in [0.717, 1.165) is 28.7 Å². The molecule has 4 nitrogen and oxygen atoms in total. The van der Waals surface area contributed by atoms with E-state index < -0.39 is 6.04 Å². The van der Waals surface area contributed by atoms with Crippen molar-refractivity contribution >= 4 is 11.8 Å². The van der Waals surface area contributed by atoms with Crippen molar-refractivity contribution in [2.75, 3.05) is 6.54 Å². The minimum atomic E-state index is -0.682. The van der Waals surface area contributed by atoms with Gasteiger partial charge in [-0.25, -0.2) is 4.39 Å². The Bertz CT molecular complexity index is 1100. The SMILES string of the molecule is CCCNC(=O)[C@@H](Cc1ccccc1)N(Cc1ccc(F)cc1)C(=O)Cc1ccc(C)c(C)c1. The summed E-state index contributed by atoms with van der Waals surface area (Å²) in [7, 11) is 0. The lowest BCUT2D eigenvalue weighted by molar-refractivity contribution is -0.140. The first kappa shape index (κ1) is 25.2. The van der Waals surface area contributed by atoms with Crippen molar-refractivity contribution in [2.45, 2.75) is 52.6 Å². The number of nitrogens with zero attached hydrogens (tertiary/aromatic N) is 1. The van der Waals surface area contributed by atoms with Crippen molar-refractivity contribution < 1.29 is 14.0 Å². The average molecular weight is 461 g/mol. The molecule has 0 saturated carbocycles. The molecular weight excluding hydrogens is 427 g/mol. The lowest BCUT2D eigenvalue weighted by Crippen LogP contribution is -2.51. The summed E-state index contributed by atoms with van der Waals surface area (Å²) in [6.07, 6.45) is 1.39. The summed E-state index contributed by atoms with van der Waals surface area (Å²) < 4.78 is 13.5. The monoisotopic (exact) mass is 460 g/mol. The molecule has 3 aromatic rings. The number of carbonyl (C=O) groups excluding carboxylic acids is 2. The first-order chi connectivity index (χ1) is 16.4. The highest BCUT2D eigenvalue weighted by molar-refractivity contribution is 5.88. The Kier molecular flexibility index (Phi) is 8.97. The van der Waals surface area contributed by atoms with Gasteiger partial charge in [-0.1, -0.05) is 67.6 Å². The summed E-state index contributed by atoms with van der Waals surface area (Å²) in [6, 6.07) is 21.1. The highest BCUT2D eigenvalue weighted by Crippen LogP contribution is 2.18. The molecule has 0 saturated heterocycles. The van der Waals surface area contributed by atoms with Crippen LogP contribution in [-0.4, -0.2) is 29.3 Å². The molecule has 0 heterocycles. The predicted molar refractivity (Wildman–Crippen MR) is 134 cm³/mol. The molecular formula is C29H33FN2O2. The quantitative estimate of drug-likeness (QED) is 0.455. The number of carbonyl (C=O) groups is 2. The second-order valence-electron chi connectivity index (χ2n) is 8.74. The molecule has 0 fully saturated rings. The second-order valence-corrected chi connectivity index (χ2v) is 8.74. The van der Waals surface area contributed by atoms with Gasteiger partial charge in [0.25, 0.3) is 0 Å². The van der Waals surface area contributed by atoms with Gasteiger partial charge in [-0.2, -0.15) is 0 Å². The molecule has 34 heavy (non-hydrogen) atoms. The van der Waals surface area contributed by atoms with Crippen molar-refractivity contribution in [3.63, 3.8) is 0 Å². The number of aryl methyl sites for hydroxylation is 2. The third kappa shape index (κ3) is 7.01. The highest BCUT2D eigenvalue weighted by Gasteiger charge is 2.30. The van der Waals surface area contributed by atoms with Gasteiger partial charge in [0.1, 0.15) is 11.9 Å². The topological polar surface area (TPSA) is 49.4 Å². The first-order valence-corrected chi connectivity index (χ1v) is 11.8. The van der Waals surface area contributed by atoms with Crippen LogP contribution >= 0.6 is 0 Å². The van der Waals surface area contributed by atoms with E-state index in [1.165, 1.54) is 17.7 Å². The van der Waals surface area contributed by atoms with Crippen LogP contribution in [-0.2, 0) is 29.0 Å². The van der Waals surface area contributed by atoms with Crippen molar-refractivity contribution in [3.8, 4) is 0 Å². The number of rotatable bonds is 10. The van der Waals surface area contributed by atoms with Gasteiger partial charge in [0, 0.05) is 19.5 Å². The zero-order valence-electron chi connectivity index (χ0n) is 20.2. The molecule has 3 aromatic carbocycles.